The van der Waals surface area contributed by atoms with Crippen LogP contribution >= 0.6 is 15.9 Å². The zero-order valence-corrected chi connectivity index (χ0v) is 14.6. The molecule has 0 fully saturated rings. The molecule has 0 heterocycles. The number of hydrogen-bond donors (Lipinski definition) is 0. The Balaban J connectivity index is 2.65. The molecule has 3 nitrogen and oxygen atoms in total. The third kappa shape index (κ3) is 6.51. The molecule has 0 aliphatic carbocycles. The van der Waals surface area contributed by atoms with Crippen LogP contribution in [-0.2, 0) is 0 Å². The average molecular weight is 357 g/mol. The average Bonchev–Trinajstić information content (AvgIpc) is 2.49. The number of aldehydes is 1. The van der Waals surface area contributed by atoms with E-state index in [0.717, 1.165) is 49.3 Å². The van der Waals surface area contributed by atoms with Gasteiger partial charge in [-0.1, -0.05) is 39.5 Å². The van der Waals surface area contributed by atoms with Crippen LogP contribution in [0.4, 0.5) is 0 Å². The largest absolute Gasteiger partial charge is 0.493 e. The van der Waals surface area contributed by atoms with Crippen LogP contribution in [0.2, 0.25) is 0 Å². The summed E-state index contributed by atoms with van der Waals surface area (Å²) in [5.41, 5.74) is 0.542. The standard InChI is InChI=1S/C17H25BrO3/c1-3-5-7-9-20-16-12-15(18)17(11-14(16)13-19)21-10-8-6-4-2/h11-13H,3-10H2,1-2H3. The smallest absolute Gasteiger partial charge is 0.153 e. The molecular weight excluding hydrogens is 332 g/mol. The second-order valence-corrected chi connectivity index (χ2v) is 5.90. The highest BCUT2D eigenvalue weighted by atomic mass is 79.9. The number of carbonyl (C=O) groups is 1. The maximum atomic E-state index is 11.2. The molecule has 118 valence electrons. The molecule has 0 atom stereocenters. The summed E-state index contributed by atoms with van der Waals surface area (Å²) >= 11 is 3.48. The predicted octanol–water partition coefficient (Wildman–Crippen LogP) is 5.40. The van der Waals surface area contributed by atoms with E-state index in [1.54, 1.807) is 6.07 Å². The number of ether oxygens (including phenoxy) is 2. The van der Waals surface area contributed by atoms with Crippen molar-refractivity contribution in [1.82, 2.24) is 0 Å². The van der Waals surface area contributed by atoms with Gasteiger partial charge in [-0.25, -0.2) is 0 Å². The number of halogens is 1. The molecule has 0 unspecified atom stereocenters. The lowest BCUT2D eigenvalue weighted by Gasteiger charge is -2.13. The number of carbonyl (C=O) groups excluding carboxylic acids is 1. The zero-order chi connectivity index (χ0) is 15.5. The lowest BCUT2D eigenvalue weighted by molar-refractivity contribution is 0.111. The Hall–Kier alpha value is -1.03. The highest BCUT2D eigenvalue weighted by Gasteiger charge is 2.10. The maximum absolute atomic E-state index is 11.2. The molecular formula is C17H25BrO3. The lowest BCUT2D eigenvalue weighted by Crippen LogP contribution is -2.02. The summed E-state index contributed by atoms with van der Waals surface area (Å²) in [4.78, 5) is 11.2. The Morgan fingerprint density at radius 1 is 0.952 bits per heavy atom. The maximum Gasteiger partial charge on any atom is 0.153 e. The molecule has 0 spiro atoms. The molecule has 0 aromatic heterocycles. The fraction of sp³-hybridized carbons (Fsp3) is 0.588. The van der Waals surface area contributed by atoms with Gasteiger partial charge in [0.05, 0.1) is 23.2 Å². The van der Waals surface area contributed by atoms with Gasteiger partial charge in [-0.15, -0.1) is 0 Å². The third-order valence-corrected chi connectivity index (χ3v) is 3.82. The summed E-state index contributed by atoms with van der Waals surface area (Å²) < 4.78 is 12.2. The predicted molar refractivity (Wildman–Crippen MR) is 89.6 cm³/mol. The quantitative estimate of drug-likeness (QED) is 0.393. The van der Waals surface area contributed by atoms with Crippen molar-refractivity contribution < 1.29 is 14.3 Å². The minimum Gasteiger partial charge on any atom is -0.493 e. The molecule has 0 amide bonds. The van der Waals surface area contributed by atoms with Crippen molar-refractivity contribution in [3.8, 4) is 11.5 Å². The van der Waals surface area contributed by atoms with E-state index in [0.29, 0.717) is 30.3 Å². The molecule has 4 heteroatoms. The topological polar surface area (TPSA) is 35.5 Å². The summed E-state index contributed by atoms with van der Waals surface area (Å²) in [6.45, 7) is 5.61. The first-order valence-electron chi connectivity index (χ1n) is 7.77. The van der Waals surface area contributed by atoms with Crippen LogP contribution in [0, 0.1) is 0 Å². The molecule has 1 rings (SSSR count). The molecule has 1 aromatic rings. The van der Waals surface area contributed by atoms with Crippen molar-refractivity contribution in [3.05, 3.63) is 22.2 Å². The van der Waals surface area contributed by atoms with E-state index < -0.39 is 0 Å². The second kappa shape index (κ2) is 10.7. The van der Waals surface area contributed by atoms with E-state index in [2.05, 4.69) is 29.8 Å². The van der Waals surface area contributed by atoms with Gasteiger partial charge in [0.2, 0.25) is 0 Å². The monoisotopic (exact) mass is 356 g/mol. The van der Waals surface area contributed by atoms with Crippen LogP contribution in [0.5, 0.6) is 11.5 Å². The van der Waals surface area contributed by atoms with Gasteiger partial charge in [0.1, 0.15) is 11.5 Å². The second-order valence-electron chi connectivity index (χ2n) is 5.05. The highest BCUT2D eigenvalue weighted by Crippen LogP contribution is 2.32. The molecule has 0 aliphatic rings. The number of hydrogen-bond acceptors (Lipinski definition) is 3. The molecule has 0 bridgehead atoms. The van der Waals surface area contributed by atoms with E-state index in [9.17, 15) is 4.79 Å². The van der Waals surface area contributed by atoms with Gasteiger partial charge in [0.25, 0.3) is 0 Å². The van der Waals surface area contributed by atoms with Gasteiger partial charge >= 0.3 is 0 Å². The van der Waals surface area contributed by atoms with Crippen LogP contribution in [0.3, 0.4) is 0 Å². The van der Waals surface area contributed by atoms with Crippen LogP contribution in [0.15, 0.2) is 16.6 Å². The minimum absolute atomic E-state index is 0.542. The van der Waals surface area contributed by atoms with Crippen molar-refractivity contribution in [1.29, 1.82) is 0 Å². The van der Waals surface area contributed by atoms with E-state index in [-0.39, 0.29) is 0 Å². The van der Waals surface area contributed by atoms with Crippen LogP contribution < -0.4 is 9.47 Å². The van der Waals surface area contributed by atoms with Gasteiger partial charge in [0.15, 0.2) is 6.29 Å². The molecule has 21 heavy (non-hydrogen) atoms. The first-order chi connectivity index (χ1) is 10.2. The first kappa shape index (κ1) is 18.0. The van der Waals surface area contributed by atoms with Gasteiger partial charge in [0, 0.05) is 0 Å². The van der Waals surface area contributed by atoms with Gasteiger partial charge < -0.3 is 9.47 Å². The summed E-state index contributed by atoms with van der Waals surface area (Å²) in [6, 6.07) is 3.57. The van der Waals surface area contributed by atoms with E-state index in [1.807, 2.05) is 6.07 Å². The normalized spacial score (nSPS) is 10.4. The molecule has 0 N–H and O–H groups in total. The summed E-state index contributed by atoms with van der Waals surface area (Å²) in [7, 11) is 0. The lowest BCUT2D eigenvalue weighted by atomic mass is 10.2. The number of rotatable bonds is 11. The number of benzene rings is 1. The Morgan fingerprint density at radius 3 is 2.05 bits per heavy atom. The van der Waals surface area contributed by atoms with Gasteiger partial charge in [-0.3, -0.25) is 4.79 Å². The third-order valence-electron chi connectivity index (χ3n) is 3.20. The van der Waals surface area contributed by atoms with Crippen LogP contribution in [-0.4, -0.2) is 19.5 Å². The Labute approximate surface area is 136 Å². The highest BCUT2D eigenvalue weighted by molar-refractivity contribution is 9.10. The SMILES string of the molecule is CCCCCOc1cc(C=O)c(OCCCCC)cc1Br. The van der Waals surface area contributed by atoms with Gasteiger partial charge in [-0.2, -0.15) is 0 Å². The van der Waals surface area contributed by atoms with Crippen molar-refractivity contribution >= 4 is 22.2 Å². The van der Waals surface area contributed by atoms with Crippen molar-refractivity contribution in [3.63, 3.8) is 0 Å². The van der Waals surface area contributed by atoms with E-state index >= 15 is 0 Å². The molecule has 0 radical (unpaired) electrons. The molecule has 1 aromatic carbocycles. The summed E-state index contributed by atoms with van der Waals surface area (Å²) in [5.74, 6) is 1.32. The zero-order valence-electron chi connectivity index (χ0n) is 13.0. The summed E-state index contributed by atoms with van der Waals surface area (Å²) in [5, 5.41) is 0. The minimum atomic E-state index is 0.542. The first-order valence-corrected chi connectivity index (χ1v) is 8.56. The number of unbranched alkanes of at least 4 members (excludes halogenated alkanes) is 4. The van der Waals surface area contributed by atoms with Crippen molar-refractivity contribution in [2.24, 2.45) is 0 Å². The fourth-order valence-electron chi connectivity index (χ4n) is 1.95. The Morgan fingerprint density at radius 2 is 1.52 bits per heavy atom. The van der Waals surface area contributed by atoms with Crippen molar-refractivity contribution in [2.75, 3.05) is 13.2 Å². The van der Waals surface area contributed by atoms with Crippen molar-refractivity contribution in [2.45, 2.75) is 52.4 Å². The molecule has 0 saturated carbocycles. The molecule has 0 aliphatic heterocycles. The van der Waals surface area contributed by atoms with Crippen LogP contribution in [0.25, 0.3) is 0 Å². The van der Waals surface area contributed by atoms with E-state index in [4.69, 9.17) is 9.47 Å². The molecule has 0 saturated heterocycles. The summed E-state index contributed by atoms with van der Waals surface area (Å²) in [6.07, 6.45) is 7.44. The fourth-order valence-corrected chi connectivity index (χ4v) is 2.38. The van der Waals surface area contributed by atoms with E-state index in [1.165, 1.54) is 0 Å². The Bertz CT molecular complexity index is 432. The Kier molecular flexibility index (Phi) is 9.15. The van der Waals surface area contributed by atoms with Crippen LogP contribution in [0.1, 0.15) is 62.7 Å². The van der Waals surface area contributed by atoms with Gasteiger partial charge in [-0.05, 0) is 40.9 Å².